The molecule has 0 aliphatic carbocycles. The summed E-state index contributed by atoms with van der Waals surface area (Å²) in [6.45, 7) is 2.87. The van der Waals surface area contributed by atoms with E-state index < -0.39 is 21.5 Å². The zero-order valence-electron chi connectivity index (χ0n) is 12.8. The lowest BCUT2D eigenvalue weighted by Gasteiger charge is -2.37. The van der Waals surface area contributed by atoms with Crippen molar-refractivity contribution in [1.82, 2.24) is 10.6 Å². The minimum absolute atomic E-state index is 0.105. The van der Waals surface area contributed by atoms with Gasteiger partial charge in [-0.05, 0) is 25.9 Å². The molecule has 1 fully saturated rings. The van der Waals surface area contributed by atoms with E-state index in [1.807, 2.05) is 0 Å². The highest BCUT2D eigenvalue weighted by Gasteiger charge is 2.32. The van der Waals surface area contributed by atoms with Crippen molar-refractivity contribution >= 4 is 15.7 Å². The van der Waals surface area contributed by atoms with Gasteiger partial charge in [0.05, 0.1) is 19.0 Å². The van der Waals surface area contributed by atoms with Crippen molar-refractivity contribution in [1.29, 1.82) is 0 Å². The van der Waals surface area contributed by atoms with E-state index >= 15 is 0 Å². The van der Waals surface area contributed by atoms with Crippen LogP contribution in [-0.2, 0) is 24.1 Å². The summed E-state index contributed by atoms with van der Waals surface area (Å²) in [6, 6.07) is 0. The number of amides is 1. The largest absolute Gasteiger partial charge is 0.384 e. The van der Waals surface area contributed by atoms with E-state index in [1.54, 1.807) is 7.11 Å². The van der Waals surface area contributed by atoms with Crippen LogP contribution in [0.3, 0.4) is 0 Å². The number of ether oxygens (including phenoxy) is 2. The minimum atomic E-state index is -3.41. The van der Waals surface area contributed by atoms with E-state index in [9.17, 15) is 13.2 Å². The number of methoxy groups -OCH3 is 2. The number of carbonyl (C=O) groups excluding carboxylic acids is 1. The second-order valence-corrected chi connectivity index (χ2v) is 7.73. The van der Waals surface area contributed by atoms with Gasteiger partial charge < -0.3 is 20.1 Å². The Kier molecular flexibility index (Phi) is 7.58. The molecule has 8 heteroatoms. The summed E-state index contributed by atoms with van der Waals surface area (Å²) in [5.74, 6) is -1.08. The van der Waals surface area contributed by atoms with Gasteiger partial charge in [0.2, 0.25) is 5.91 Å². The molecule has 0 aromatic rings. The molecule has 0 aromatic heterocycles. The monoisotopic (exact) mass is 322 g/mol. The first-order valence-electron chi connectivity index (χ1n) is 7.09. The van der Waals surface area contributed by atoms with Gasteiger partial charge >= 0.3 is 0 Å². The first-order valence-corrected chi connectivity index (χ1v) is 8.91. The summed E-state index contributed by atoms with van der Waals surface area (Å²) in [4.78, 5) is 11.8. The number of hydrogen-bond acceptors (Lipinski definition) is 6. The van der Waals surface area contributed by atoms with Crippen LogP contribution in [0, 0.1) is 5.41 Å². The third-order valence-electron chi connectivity index (χ3n) is 3.72. The average molecular weight is 322 g/mol. The Labute approximate surface area is 126 Å². The molecule has 0 aromatic carbocycles. The lowest BCUT2D eigenvalue weighted by Crippen LogP contribution is -2.48. The van der Waals surface area contributed by atoms with Crippen molar-refractivity contribution in [2.75, 3.05) is 58.6 Å². The van der Waals surface area contributed by atoms with Crippen molar-refractivity contribution in [3.8, 4) is 0 Å². The number of rotatable bonds is 9. The van der Waals surface area contributed by atoms with Crippen LogP contribution in [0.2, 0.25) is 0 Å². The molecule has 0 saturated carbocycles. The second kappa shape index (κ2) is 8.67. The summed E-state index contributed by atoms with van der Waals surface area (Å²) < 4.78 is 33.3. The van der Waals surface area contributed by atoms with Crippen LogP contribution < -0.4 is 10.6 Å². The predicted molar refractivity (Wildman–Crippen MR) is 80.0 cm³/mol. The number of sulfone groups is 1. The Hall–Kier alpha value is -0.700. The molecule has 1 aliphatic heterocycles. The molecule has 7 nitrogen and oxygen atoms in total. The van der Waals surface area contributed by atoms with Crippen LogP contribution in [0.4, 0.5) is 0 Å². The maximum absolute atomic E-state index is 11.8. The molecule has 2 N–H and O–H groups in total. The van der Waals surface area contributed by atoms with Crippen LogP contribution in [0.25, 0.3) is 0 Å². The van der Waals surface area contributed by atoms with Gasteiger partial charge in [-0.15, -0.1) is 0 Å². The highest BCUT2D eigenvalue weighted by atomic mass is 32.2. The third kappa shape index (κ3) is 6.73. The summed E-state index contributed by atoms with van der Waals surface area (Å²) in [5, 5.41) is 6.01. The maximum Gasteiger partial charge on any atom is 0.235 e. The fourth-order valence-corrected chi connectivity index (χ4v) is 3.52. The fraction of sp³-hybridized carbons (Fsp3) is 0.923. The van der Waals surface area contributed by atoms with Gasteiger partial charge in [-0.3, -0.25) is 4.79 Å². The summed E-state index contributed by atoms with van der Waals surface area (Å²) in [6.07, 6.45) is 1.80. The van der Waals surface area contributed by atoms with E-state index in [2.05, 4.69) is 10.6 Å². The lowest BCUT2D eigenvalue weighted by molar-refractivity contribution is -0.119. The Balaban J connectivity index is 2.46. The molecular weight excluding hydrogens is 296 g/mol. The smallest absolute Gasteiger partial charge is 0.235 e. The van der Waals surface area contributed by atoms with Gasteiger partial charge in [0.25, 0.3) is 0 Å². The maximum atomic E-state index is 11.8. The Morgan fingerprint density at radius 3 is 2.48 bits per heavy atom. The molecule has 0 spiro atoms. The number of carbonyl (C=O) groups is 1. The van der Waals surface area contributed by atoms with Gasteiger partial charge in [0, 0.05) is 26.2 Å². The quantitative estimate of drug-likeness (QED) is 0.576. The van der Waals surface area contributed by atoms with Crippen molar-refractivity contribution in [2.24, 2.45) is 5.41 Å². The predicted octanol–water partition coefficient (Wildman–Crippen LogP) is -0.820. The number of hydrogen-bond donors (Lipinski definition) is 2. The highest BCUT2D eigenvalue weighted by molar-refractivity contribution is 7.92. The van der Waals surface area contributed by atoms with Crippen molar-refractivity contribution in [2.45, 2.75) is 12.8 Å². The summed E-state index contributed by atoms with van der Waals surface area (Å²) >= 11 is 0. The van der Waals surface area contributed by atoms with Crippen LogP contribution in [0.15, 0.2) is 0 Å². The molecule has 1 amide bonds. The molecule has 0 unspecified atom stereocenters. The molecule has 0 atom stereocenters. The topological polar surface area (TPSA) is 93.7 Å². The third-order valence-corrected chi connectivity index (χ3v) is 5.22. The Morgan fingerprint density at radius 2 is 1.90 bits per heavy atom. The standard InChI is InChI=1S/C13H26N2O5S/c1-19-7-8-21(17,18)9-12(16)15-10-13(11-20-2)3-5-14-6-4-13/h14H,3-11H2,1-2H3,(H,15,16). The van der Waals surface area contributed by atoms with E-state index in [0.29, 0.717) is 13.2 Å². The average Bonchev–Trinajstić information content (AvgIpc) is 2.44. The van der Waals surface area contributed by atoms with Crippen molar-refractivity contribution in [3.63, 3.8) is 0 Å². The molecule has 1 rings (SSSR count). The van der Waals surface area contributed by atoms with Crippen LogP contribution >= 0.6 is 0 Å². The summed E-state index contributed by atoms with van der Waals surface area (Å²) in [7, 11) is -0.337. The zero-order chi connectivity index (χ0) is 15.8. The summed E-state index contributed by atoms with van der Waals surface area (Å²) in [5.41, 5.74) is -0.105. The molecule has 0 radical (unpaired) electrons. The van der Waals surface area contributed by atoms with E-state index in [1.165, 1.54) is 7.11 Å². The van der Waals surface area contributed by atoms with E-state index in [-0.39, 0.29) is 17.8 Å². The first-order chi connectivity index (χ1) is 9.93. The van der Waals surface area contributed by atoms with Gasteiger partial charge in [-0.1, -0.05) is 0 Å². The number of nitrogens with one attached hydrogen (secondary N) is 2. The SMILES string of the molecule is COCCS(=O)(=O)CC(=O)NCC1(COC)CCNCC1. The van der Waals surface area contributed by atoms with Crippen LogP contribution in [-0.4, -0.2) is 72.9 Å². The van der Waals surface area contributed by atoms with Gasteiger partial charge in [0.1, 0.15) is 5.75 Å². The van der Waals surface area contributed by atoms with Gasteiger partial charge in [-0.2, -0.15) is 0 Å². The van der Waals surface area contributed by atoms with E-state index in [4.69, 9.17) is 9.47 Å². The Morgan fingerprint density at radius 1 is 1.24 bits per heavy atom. The Bertz CT molecular complexity index is 413. The second-order valence-electron chi connectivity index (χ2n) is 5.54. The van der Waals surface area contributed by atoms with Gasteiger partial charge in [-0.25, -0.2) is 8.42 Å². The molecule has 1 aliphatic rings. The normalized spacial score (nSPS) is 18.4. The minimum Gasteiger partial charge on any atom is -0.384 e. The van der Waals surface area contributed by atoms with Gasteiger partial charge in [0.15, 0.2) is 9.84 Å². The van der Waals surface area contributed by atoms with Crippen LogP contribution in [0.5, 0.6) is 0 Å². The highest BCUT2D eigenvalue weighted by Crippen LogP contribution is 2.28. The van der Waals surface area contributed by atoms with E-state index in [0.717, 1.165) is 25.9 Å². The first kappa shape index (κ1) is 18.3. The van der Waals surface area contributed by atoms with Crippen molar-refractivity contribution < 1.29 is 22.7 Å². The van der Waals surface area contributed by atoms with Crippen LogP contribution in [0.1, 0.15) is 12.8 Å². The fourth-order valence-electron chi connectivity index (χ4n) is 2.45. The molecule has 0 bridgehead atoms. The number of piperidine rings is 1. The molecule has 1 saturated heterocycles. The molecular formula is C13H26N2O5S. The zero-order valence-corrected chi connectivity index (χ0v) is 13.6. The molecule has 21 heavy (non-hydrogen) atoms. The molecule has 1 heterocycles. The van der Waals surface area contributed by atoms with Crippen molar-refractivity contribution in [3.05, 3.63) is 0 Å². The lowest BCUT2D eigenvalue weighted by atomic mass is 9.79. The molecule has 124 valence electrons.